The zero-order valence-corrected chi connectivity index (χ0v) is 17.7. The number of benzene rings is 1. The van der Waals surface area contributed by atoms with Gasteiger partial charge in [-0.15, -0.1) is 0 Å². The Morgan fingerprint density at radius 1 is 1.42 bits per heavy atom. The molecule has 2 unspecified atom stereocenters. The summed E-state index contributed by atoms with van der Waals surface area (Å²) in [4.78, 5) is 29.7. The number of carbonyl (C=O) groups is 2. The second-order valence-corrected chi connectivity index (χ2v) is 7.69. The lowest BCUT2D eigenvalue weighted by atomic mass is 10.0. The minimum Gasteiger partial charge on any atom is -0.381 e. The minimum absolute atomic E-state index is 0.0163. The number of primary amides is 1. The molecule has 1 fully saturated rings. The topological polar surface area (TPSA) is 109 Å². The standard InChI is InChI=1S/C23H25FN4O3/c1-4-14(2)26-19-8-7-18(27-20(19)21(25)29)16-13-15(5-6-17(16)24)9-10-23(31)11-12-28(3)22(23)30/h5-8,13-14,26,31H,4,11-12H2,1-3H3,(H2,25,29). The van der Waals surface area contributed by atoms with Gasteiger partial charge in [0.05, 0.1) is 11.4 Å². The number of aromatic nitrogens is 1. The molecule has 1 aliphatic rings. The second kappa shape index (κ2) is 8.74. The fourth-order valence-corrected chi connectivity index (χ4v) is 3.23. The summed E-state index contributed by atoms with van der Waals surface area (Å²) in [5.74, 6) is 3.62. The van der Waals surface area contributed by atoms with Crippen LogP contribution in [0.15, 0.2) is 30.3 Å². The molecule has 2 amide bonds. The Balaban J connectivity index is 1.97. The number of hydrogen-bond donors (Lipinski definition) is 3. The minimum atomic E-state index is -1.75. The van der Waals surface area contributed by atoms with E-state index in [2.05, 4.69) is 22.1 Å². The van der Waals surface area contributed by atoms with Crippen molar-refractivity contribution in [2.24, 2.45) is 5.73 Å². The number of aliphatic hydroxyl groups is 1. The number of pyridine rings is 1. The van der Waals surface area contributed by atoms with E-state index >= 15 is 0 Å². The maximum Gasteiger partial charge on any atom is 0.269 e. The van der Waals surface area contributed by atoms with E-state index in [9.17, 15) is 19.1 Å². The quantitative estimate of drug-likeness (QED) is 0.638. The smallest absolute Gasteiger partial charge is 0.269 e. The van der Waals surface area contributed by atoms with E-state index in [4.69, 9.17) is 5.73 Å². The normalized spacial score (nSPS) is 19.0. The van der Waals surface area contributed by atoms with Crippen molar-refractivity contribution in [2.75, 3.05) is 18.9 Å². The summed E-state index contributed by atoms with van der Waals surface area (Å²) < 4.78 is 14.6. The average molecular weight is 424 g/mol. The van der Waals surface area contributed by atoms with Gasteiger partial charge in [0.15, 0.2) is 5.69 Å². The molecule has 2 atom stereocenters. The van der Waals surface area contributed by atoms with Crippen LogP contribution < -0.4 is 11.1 Å². The summed E-state index contributed by atoms with van der Waals surface area (Å²) >= 11 is 0. The van der Waals surface area contributed by atoms with Crippen LogP contribution in [0.5, 0.6) is 0 Å². The van der Waals surface area contributed by atoms with Crippen LogP contribution in [-0.2, 0) is 4.79 Å². The van der Waals surface area contributed by atoms with Crippen molar-refractivity contribution in [2.45, 2.75) is 38.3 Å². The Kier molecular flexibility index (Phi) is 6.27. The Labute approximate surface area is 180 Å². The number of amides is 2. The molecule has 0 radical (unpaired) electrons. The molecule has 0 spiro atoms. The van der Waals surface area contributed by atoms with Crippen LogP contribution in [0.3, 0.4) is 0 Å². The van der Waals surface area contributed by atoms with Crippen LogP contribution in [0, 0.1) is 17.7 Å². The van der Waals surface area contributed by atoms with Crippen LogP contribution >= 0.6 is 0 Å². The van der Waals surface area contributed by atoms with E-state index in [1.165, 1.54) is 23.1 Å². The Morgan fingerprint density at radius 2 is 2.16 bits per heavy atom. The fourth-order valence-electron chi connectivity index (χ4n) is 3.23. The Morgan fingerprint density at radius 3 is 2.77 bits per heavy atom. The number of rotatable bonds is 5. The molecule has 1 aliphatic heterocycles. The SMILES string of the molecule is CCC(C)Nc1ccc(-c2cc(C#CC3(O)CCN(C)C3=O)ccc2F)nc1C(N)=O. The predicted molar refractivity (Wildman–Crippen MR) is 116 cm³/mol. The van der Waals surface area contributed by atoms with Gasteiger partial charge in [-0.1, -0.05) is 18.8 Å². The second-order valence-electron chi connectivity index (χ2n) is 7.69. The van der Waals surface area contributed by atoms with Crippen molar-refractivity contribution in [3.8, 4) is 23.1 Å². The molecule has 1 aromatic heterocycles. The summed E-state index contributed by atoms with van der Waals surface area (Å²) in [5.41, 5.74) is 4.98. The number of nitrogens with zero attached hydrogens (tertiary/aromatic N) is 2. The molecular weight excluding hydrogens is 399 g/mol. The summed E-state index contributed by atoms with van der Waals surface area (Å²) in [6.45, 7) is 4.37. The van der Waals surface area contributed by atoms with Gasteiger partial charge < -0.3 is 21.1 Å². The van der Waals surface area contributed by atoms with Crippen LogP contribution in [-0.4, -0.2) is 52.0 Å². The van der Waals surface area contributed by atoms with Crippen molar-refractivity contribution in [1.82, 2.24) is 9.88 Å². The summed E-state index contributed by atoms with van der Waals surface area (Å²) in [6, 6.07) is 7.47. The van der Waals surface area contributed by atoms with Crippen LogP contribution in [0.4, 0.5) is 10.1 Å². The van der Waals surface area contributed by atoms with E-state index in [-0.39, 0.29) is 29.4 Å². The molecule has 4 N–H and O–H groups in total. The molecule has 2 heterocycles. The van der Waals surface area contributed by atoms with Gasteiger partial charge in [-0.3, -0.25) is 9.59 Å². The lowest BCUT2D eigenvalue weighted by Gasteiger charge is -2.16. The molecule has 7 nitrogen and oxygen atoms in total. The predicted octanol–water partition coefficient (Wildman–Crippen LogP) is 2.14. The average Bonchev–Trinajstić information content (AvgIpc) is 3.01. The molecule has 0 saturated carbocycles. The van der Waals surface area contributed by atoms with E-state index < -0.39 is 23.2 Å². The van der Waals surface area contributed by atoms with Crippen molar-refractivity contribution >= 4 is 17.5 Å². The van der Waals surface area contributed by atoms with Gasteiger partial charge >= 0.3 is 0 Å². The maximum atomic E-state index is 14.6. The number of carbonyl (C=O) groups excluding carboxylic acids is 2. The highest BCUT2D eigenvalue weighted by molar-refractivity contribution is 5.97. The number of hydrogen-bond acceptors (Lipinski definition) is 5. The molecule has 0 aliphatic carbocycles. The zero-order chi connectivity index (χ0) is 22.8. The first kappa shape index (κ1) is 22.2. The lowest BCUT2D eigenvalue weighted by Crippen LogP contribution is -2.37. The van der Waals surface area contributed by atoms with Crippen LogP contribution in [0.1, 0.15) is 42.7 Å². The van der Waals surface area contributed by atoms with Gasteiger partial charge in [-0.25, -0.2) is 9.37 Å². The molecule has 1 saturated heterocycles. The number of halogens is 1. The fraction of sp³-hybridized carbons (Fsp3) is 0.348. The Hall–Kier alpha value is -3.44. The van der Waals surface area contributed by atoms with E-state index in [0.717, 1.165) is 6.42 Å². The van der Waals surface area contributed by atoms with E-state index in [1.54, 1.807) is 19.2 Å². The lowest BCUT2D eigenvalue weighted by molar-refractivity contribution is -0.137. The van der Waals surface area contributed by atoms with Crippen LogP contribution in [0.25, 0.3) is 11.3 Å². The summed E-state index contributed by atoms with van der Waals surface area (Å²) in [6.07, 6.45) is 1.04. The molecule has 162 valence electrons. The number of nitrogens with one attached hydrogen (secondary N) is 1. The first-order valence-corrected chi connectivity index (χ1v) is 10.0. The van der Waals surface area contributed by atoms with Gasteiger partial charge in [-0.2, -0.15) is 0 Å². The molecule has 31 heavy (non-hydrogen) atoms. The van der Waals surface area contributed by atoms with E-state index in [0.29, 0.717) is 17.8 Å². The molecule has 8 heteroatoms. The van der Waals surface area contributed by atoms with Gasteiger partial charge in [0.25, 0.3) is 11.8 Å². The monoisotopic (exact) mass is 424 g/mol. The van der Waals surface area contributed by atoms with Crippen molar-refractivity contribution < 1.29 is 19.1 Å². The van der Waals surface area contributed by atoms with Gasteiger partial charge in [0, 0.05) is 37.2 Å². The summed E-state index contributed by atoms with van der Waals surface area (Å²) in [7, 11) is 1.60. The van der Waals surface area contributed by atoms with Crippen LogP contribution in [0.2, 0.25) is 0 Å². The van der Waals surface area contributed by atoms with Crippen molar-refractivity contribution in [1.29, 1.82) is 0 Å². The Bertz CT molecular complexity index is 1090. The number of anilines is 1. The number of nitrogens with two attached hydrogens (primary N) is 1. The number of likely N-dealkylation sites (N-methyl/N-ethyl adjacent to an activating group) is 1. The third kappa shape index (κ3) is 4.67. The maximum absolute atomic E-state index is 14.6. The number of likely N-dealkylation sites (tertiary alicyclic amines) is 1. The third-order valence-corrected chi connectivity index (χ3v) is 5.31. The highest BCUT2D eigenvalue weighted by Gasteiger charge is 2.42. The molecule has 0 bridgehead atoms. The highest BCUT2D eigenvalue weighted by atomic mass is 19.1. The summed E-state index contributed by atoms with van der Waals surface area (Å²) in [5, 5.41) is 13.6. The largest absolute Gasteiger partial charge is 0.381 e. The molecule has 3 rings (SSSR count). The van der Waals surface area contributed by atoms with Gasteiger partial charge in [-0.05, 0) is 43.7 Å². The molecule has 2 aromatic rings. The van der Waals surface area contributed by atoms with Crippen molar-refractivity contribution in [3.05, 3.63) is 47.4 Å². The molecule has 1 aromatic carbocycles. The third-order valence-electron chi connectivity index (χ3n) is 5.31. The zero-order valence-electron chi connectivity index (χ0n) is 17.7. The highest BCUT2D eigenvalue weighted by Crippen LogP contribution is 2.26. The molecular formula is C23H25FN4O3. The first-order valence-electron chi connectivity index (χ1n) is 10.0. The van der Waals surface area contributed by atoms with Gasteiger partial charge in [0.1, 0.15) is 5.82 Å². The van der Waals surface area contributed by atoms with Gasteiger partial charge in [0.2, 0.25) is 5.60 Å². The first-order chi connectivity index (χ1) is 14.6. The van der Waals surface area contributed by atoms with E-state index in [1.807, 2.05) is 13.8 Å². The van der Waals surface area contributed by atoms with Crippen molar-refractivity contribution in [3.63, 3.8) is 0 Å².